The first-order valence-electron chi connectivity index (χ1n) is 9.61. The Morgan fingerprint density at radius 3 is 2.27 bits per heavy atom. The fraction of sp³-hybridized carbons (Fsp3) is 0.0769. The van der Waals surface area contributed by atoms with E-state index in [0.717, 1.165) is 22.6 Å². The molecule has 0 amide bonds. The lowest BCUT2D eigenvalue weighted by molar-refractivity contribution is 0.0697. The van der Waals surface area contributed by atoms with E-state index >= 15 is 0 Å². The molecule has 4 rings (SSSR count). The molecule has 0 saturated carbocycles. The van der Waals surface area contributed by atoms with Crippen molar-refractivity contribution in [3.05, 3.63) is 101 Å². The molecule has 0 aliphatic heterocycles. The summed E-state index contributed by atoms with van der Waals surface area (Å²) in [4.78, 5) is 11.1. The van der Waals surface area contributed by atoms with Gasteiger partial charge >= 0.3 is 5.97 Å². The maximum Gasteiger partial charge on any atom is 0.335 e. The zero-order valence-electron chi connectivity index (χ0n) is 16.8. The molecule has 146 valence electrons. The third-order valence-electron chi connectivity index (χ3n) is 5.32. The van der Waals surface area contributed by atoms with Crippen LogP contribution in [0.4, 0.5) is 0 Å². The molecule has 30 heavy (non-hydrogen) atoms. The lowest BCUT2D eigenvalue weighted by atomic mass is 10.0. The highest BCUT2D eigenvalue weighted by Gasteiger charge is 2.12. The van der Waals surface area contributed by atoms with E-state index < -0.39 is 5.97 Å². The number of aromatic carboxylic acids is 1. The van der Waals surface area contributed by atoms with Crippen molar-refractivity contribution >= 4 is 28.4 Å². The number of hydrogen-bond acceptors (Lipinski definition) is 2. The van der Waals surface area contributed by atoms with Crippen molar-refractivity contribution in [2.45, 2.75) is 13.8 Å². The minimum Gasteiger partial charge on any atom is -0.478 e. The summed E-state index contributed by atoms with van der Waals surface area (Å²) < 4.78 is 2.18. The number of aryl methyl sites for hydroxylation is 1. The van der Waals surface area contributed by atoms with Gasteiger partial charge in [-0.15, -0.1) is 0 Å². The van der Waals surface area contributed by atoms with Gasteiger partial charge in [0.25, 0.3) is 0 Å². The average molecular weight is 392 g/mol. The van der Waals surface area contributed by atoms with Gasteiger partial charge in [-0.25, -0.2) is 4.79 Å². The van der Waals surface area contributed by atoms with Crippen molar-refractivity contribution < 1.29 is 9.90 Å². The third kappa shape index (κ3) is 3.49. The van der Waals surface area contributed by atoms with Crippen molar-refractivity contribution in [1.29, 1.82) is 5.26 Å². The highest BCUT2D eigenvalue weighted by atomic mass is 16.4. The number of carbonyl (C=O) groups is 1. The number of fused-ring (bicyclic) bond motifs is 1. The van der Waals surface area contributed by atoms with Crippen LogP contribution in [-0.2, 0) is 0 Å². The smallest absolute Gasteiger partial charge is 0.335 e. The Morgan fingerprint density at radius 1 is 0.933 bits per heavy atom. The second kappa shape index (κ2) is 7.73. The van der Waals surface area contributed by atoms with Crippen molar-refractivity contribution in [3.63, 3.8) is 0 Å². The lowest BCUT2D eigenvalue weighted by Gasteiger charge is -2.11. The van der Waals surface area contributed by atoms with Crippen LogP contribution in [0.15, 0.2) is 72.8 Å². The number of carboxylic acids is 1. The van der Waals surface area contributed by atoms with Crippen LogP contribution in [0.2, 0.25) is 0 Å². The number of nitrogens with zero attached hydrogens (tertiary/aromatic N) is 2. The Bertz CT molecular complexity index is 1340. The first-order valence-corrected chi connectivity index (χ1v) is 9.61. The Labute approximate surface area is 174 Å². The minimum atomic E-state index is -0.983. The number of allylic oxidation sites excluding steroid dienone is 1. The molecular formula is C26H20N2O2. The lowest BCUT2D eigenvalue weighted by Crippen LogP contribution is -1.99. The highest BCUT2D eigenvalue weighted by molar-refractivity contribution is 5.92. The predicted octanol–water partition coefficient (Wildman–Crippen LogP) is 6.01. The summed E-state index contributed by atoms with van der Waals surface area (Å²) >= 11 is 0. The van der Waals surface area contributed by atoms with Crippen LogP contribution in [0.25, 0.3) is 28.1 Å². The summed E-state index contributed by atoms with van der Waals surface area (Å²) in [5, 5.41) is 21.1. The summed E-state index contributed by atoms with van der Waals surface area (Å²) in [6, 6.07) is 25.3. The fourth-order valence-corrected chi connectivity index (χ4v) is 3.77. The van der Waals surface area contributed by atoms with Gasteiger partial charge in [0.15, 0.2) is 0 Å². The molecule has 4 aromatic rings. The van der Waals surface area contributed by atoms with Crippen LogP contribution in [0.3, 0.4) is 0 Å². The van der Waals surface area contributed by atoms with Gasteiger partial charge < -0.3 is 9.67 Å². The van der Waals surface area contributed by atoms with E-state index in [2.05, 4.69) is 47.0 Å². The zero-order chi connectivity index (χ0) is 21.3. The summed E-state index contributed by atoms with van der Waals surface area (Å²) in [5.41, 5.74) is 5.53. The number of nitriles is 1. The Balaban J connectivity index is 1.76. The Hall–Kier alpha value is -4.10. The van der Waals surface area contributed by atoms with E-state index in [1.54, 1.807) is 12.1 Å². The van der Waals surface area contributed by atoms with Gasteiger partial charge in [-0.05, 0) is 72.2 Å². The van der Waals surface area contributed by atoms with E-state index in [9.17, 15) is 10.1 Å². The van der Waals surface area contributed by atoms with E-state index in [4.69, 9.17) is 5.11 Å². The van der Waals surface area contributed by atoms with Gasteiger partial charge in [0.2, 0.25) is 0 Å². The Kier molecular flexibility index (Phi) is 4.95. The summed E-state index contributed by atoms with van der Waals surface area (Å²) in [6.45, 7) is 4.09. The van der Waals surface area contributed by atoms with Gasteiger partial charge in [-0.3, -0.25) is 0 Å². The summed E-state index contributed by atoms with van der Waals surface area (Å²) in [5.74, 6) is -0.983. The quantitative estimate of drug-likeness (QED) is 0.433. The van der Waals surface area contributed by atoms with E-state index in [0.29, 0.717) is 11.1 Å². The van der Waals surface area contributed by atoms with Gasteiger partial charge in [-0.2, -0.15) is 5.26 Å². The van der Waals surface area contributed by atoms with Crippen LogP contribution in [-0.4, -0.2) is 15.6 Å². The molecule has 4 heteroatoms. The largest absolute Gasteiger partial charge is 0.478 e. The number of hydrogen-bond donors (Lipinski definition) is 1. The zero-order valence-corrected chi connectivity index (χ0v) is 16.8. The summed E-state index contributed by atoms with van der Waals surface area (Å²) in [6.07, 6.45) is 1.86. The van der Waals surface area contributed by atoms with Gasteiger partial charge in [0.1, 0.15) is 0 Å². The van der Waals surface area contributed by atoms with Crippen LogP contribution in [0.5, 0.6) is 0 Å². The number of rotatable bonds is 4. The highest BCUT2D eigenvalue weighted by Crippen LogP contribution is 2.27. The molecule has 1 heterocycles. The monoisotopic (exact) mass is 392 g/mol. The standard InChI is InChI=1S/C26H20N2O2/c1-17-13-23(14-24(16-27)20-7-9-21(10-8-20)26(29)30)18(2)28(17)25-12-11-19-5-3-4-6-22(19)15-25/h3-15H,1-2H3,(H,29,30). The maximum atomic E-state index is 11.1. The van der Waals surface area contributed by atoms with Crippen LogP contribution < -0.4 is 0 Å². The molecule has 0 saturated heterocycles. The van der Waals surface area contributed by atoms with E-state index in [1.807, 2.05) is 32.1 Å². The SMILES string of the molecule is Cc1cc(C=C(C#N)c2ccc(C(=O)O)cc2)c(C)n1-c1ccc2ccccc2c1. The first kappa shape index (κ1) is 19.2. The molecule has 1 aromatic heterocycles. The topological polar surface area (TPSA) is 66.0 Å². The number of aromatic nitrogens is 1. The fourth-order valence-electron chi connectivity index (χ4n) is 3.77. The van der Waals surface area contributed by atoms with Crippen LogP contribution >= 0.6 is 0 Å². The summed E-state index contributed by atoms with van der Waals surface area (Å²) in [7, 11) is 0. The second-order valence-electron chi connectivity index (χ2n) is 7.25. The molecule has 0 aliphatic rings. The van der Waals surface area contributed by atoms with Crippen molar-refractivity contribution in [2.75, 3.05) is 0 Å². The molecule has 0 fully saturated rings. The molecule has 0 radical (unpaired) electrons. The van der Waals surface area contributed by atoms with Crippen molar-refractivity contribution in [3.8, 4) is 11.8 Å². The van der Waals surface area contributed by atoms with Crippen molar-refractivity contribution in [2.24, 2.45) is 0 Å². The molecule has 0 spiro atoms. The van der Waals surface area contributed by atoms with Gasteiger partial charge in [0, 0.05) is 17.1 Å². The number of carboxylic acid groups (broad SMARTS) is 1. The molecule has 1 N–H and O–H groups in total. The van der Waals surface area contributed by atoms with Crippen LogP contribution in [0, 0.1) is 25.2 Å². The normalized spacial score (nSPS) is 11.4. The molecule has 0 atom stereocenters. The maximum absolute atomic E-state index is 11.1. The third-order valence-corrected chi connectivity index (χ3v) is 5.32. The second-order valence-corrected chi connectivity index (χ2v) is 7.25. The minimum absolute atomic E-state index is 0.200. The number of benzene rings is 3. The van der Waals surface area contributed by atoms with Gasteiger partial charge in [0.05, 0.1) is 17.2 Å². The van der Waals surface area contributed by atoms with Crippen LogP contribution in [0.1, 0.15) is 32.9 Å². The van der Waals surface area contributed by atoms with Crippen molar-refractivity contribution in [1.82, 2.24) is 4.57 Å². The van der Waals surface area contributed by atoms with E-state index in [-0.39, 0.29) is 5.56 Å². The molecule has 0 bridgehead atoms. The Morgan fingerprint density at radius 2 is 1.60 bits per heavy atom. The molecular weight excluding hydrogens is 372 g/mol. The van der Waals surface area contributed by atoms with Gasteiger partial charge in [-0.1, -0.05) is 42.5 Å². The molecule has 0 unspecified atom stereocenters. The molecule has 3 aromatic carbocycles. The average Bonchev–Trinajstić information content (AvgIpc) is 3.04. The molecule has 4 nitrogen and oxygen atoms in total. The predicted molar refractivity (Wildman–Crippen MR) is 120 cm³/mol. The van der Waals surface area contributed by atoms with E-state index in [1.165, 1.54) is 22.9 Å². The first-order chi connectivity index (χ1) is 14.5. The molecule has 0 aliphatic carbocycles.